The number of anilines is 1. The average molecular weight is 431 g/mol. The van der Waals surface area contributed by atoms with Gasteiger partial charge in [-0.2, -0.15) is 4.98 Å². The van der Waals surface area contributed by atoms with E-state index >= 15 is 0 Å². The van der Waals surface area contributed by atoms with Crippen LogP contribution in [0.5, 0.6) is 11.5 Å². The molecular formula is C25H26N4O3. The predicted octanol–water partition coefficient (Wildman–Crippen LogP) is 4.62. The summed E-state index contributed by atoms with van der Waals surface area (Å²) in [5.41, 5.74) is 3.41. The fraction of sp³-hybridized carbons (Fsp3) is 0.320. The third kappa shape index (κ3) is 3.43. The number of nitrogens with zero attached hydrogens (tertiary/aromatic N) is 3. The second kappa shape index (κ2) is 7.51. The van der Waals surface area contributed by atoms with Crippen molar-refractivity contribution in [1.29, 1.82) is 0 Å². The Bertz CT molecular complexity index is 1200. The molecule has 0 spiro atoms. The summed E-state index contributed by atoms with van der Waals surface area (Å²) >= 11 is 0. The highest BCUT2D eigenvalue weighted by Crippen LogP contribution is 2.45. The monoisotopic (exact) mass is 430 g/mol. The lowest BCUT2D eigenvalue weighted by molar-refractivity contribution is -0.118. The maximum Gasteiger partial charge on any atom is 0.226 e. The molecule has 0 radical (unpaired) electrons. The summed E-state index contributed by atoms with van der Waals surface area (Å²) in [5.74, 6) is 2.64. The first-order valence-corrected chi connectivity index (χ1v) is 10.7. The van der Waals surface area contributed by atoms with E-state index in [1.54, 1.807) is 14.2 Å². The number of ketones is 1. The first-order chi connectivity index (χ1) is 15.4. The molecule has 1 atom stereocenters. The number of hydrogen-bond donors (Lipinski definition) is 1. The second-order valence-electron chi connectivity index (χ2n) is 9.08. The summed E-state index contributed by atoms with van der Waals surface area (Å²) in [6.07, 6.45) is 1.30. The fourth-order valence-corrected chi connectivity index (χ4v) is 4.61. The molecule has 1 aliphatic heterocycles. The first kappa shape index (κ1) is 20.3. The Hall–Kier alpha value is -3.61. The molecule has 0 bridgehead atoms. The Balaban J connectivity index is 1.66. The maximum atomic E-state index is 13.3. The Labute approximate surface area is 187 Å². The number of allylic oxidation sites excluding steroid dienone is 2. The number of Topliss-reactive ketones (excluding diaryl/α,β-unsaturated/α-hetero) is 1. The molecule has 0 amide bonds. The van der Waals surface area contributed by atoms with Crippen LogP contribution in [0.4, 0.5) is 5.95 Å². The molecule has 3 aromatic rings. The molecule has 2 aliphatic rings. The van der Waals surface area contributed by atoms with E-state index in [1.165, 1.54) is 0 Å². The number of carbonyl (C=O) groups is 1. The molecule has 5 rings (SSSR count). The topological polar surface area (TPSA) is 78.3 Å². The van der Waals surface area contributed by atoms with Gasteiger partial charge in [-0.15, -0.1) is 5.10 Å². The number of benzene rings is 2. The molecule has 7 nitrogen and oxygen atoms in total. The fourth-order valence-electron chi connectivity index (χ4n) is 4.61. The minimum atomic E-state index is -0.320. The van der Waals surface area contributed by atoms with Crippen LogP contribution in [0, 0.1) is 5.41 Å². The molecule has 1 N–H and O–H groups in total. The van der Waals surface area contributed by atoms with Gasteiger partial charge < -0.3 is 14.8 Å². The van der Waals surface area contributed by atoms with Gasteiger partial charge in [0.05, 0.1) is 14.2 Å². The largest absolute Gasteiger partial charge is 0.497 e. The lowest BCUT2D eigenvalue weighted by atomic mass is 9.73. The van der Waals surface area contributed by atoms with Gasteiger partial charge in [0.25, 0.3) is 0 Å². The number of methoxy groups -OCH3 is 2. The van der Waals surface area contributed by atoms with Crippen LogP contribution in [0.1, 0.15) is 38.3 Å². The zero-order chi connectivity index (χ0) is 22.5. The van der Waals surface area contributed by atoms with Crippen molar-refractivity contribution in [1.82, 2.24) is 14.8 Å². The lowest BCUT2D eigenvalue weighted by Crippen LogP contribution is -2.36. The van der Waals surface area contributed by atoms with Crippen molar-refractivity contribution in [2.75, 3.05) is 19.5 Å². The quantitative estimate of drug-likeness (QED) is 0.651. The van der Waals surface area contributed by atoms with E-state index in [4.69, 9.17) is 19.6 Å². The van der Waals surface area contributed by atoms with Crippen molar-refractivity contribution in [3.63, 3.8) is 0 Å². The van der Waals surface area contributed by atoms with Gasteiger partial charge in [-0.05, 0) is 29.5 Å². The zero-order valence-electron chi connectivity index (χ0n) is 18.7. The van der Waals surface area contributed by atoms with Crippen LogP contribution >= 0.6 is 0 Å². The van der Waals surface area contributed by atoms with Crippen molar-refractivity contribution in [2.45, 2.75) is 32.7 Å². The molecule has 0 fully saturated rings. The standard InChI is InChI=1S/C25H26N4O3/c1-25(2)13-19-21(20(30)14-25)22(15-8-6-5-7-9-15)29-24(26-19)27-23(28-29)16-10-17(31-3)12-18(11-16)32-4/h5-12,22H,13-14H2,1-4H3,(H,26,27,28). The van der Waals surface area contributed by atoms with Crippen LogP contribution in [0.15, 0.2) is 59.8 Å². The normalized spacial score (nSPS) is 19.1. The minimum absolute atomic E-state index is 0.102. The van der Waals surface area contributed by atoms with Gasteiger partial charge in [-0.1, -0.05) is 44.2 Å². The number of fused-ring (bicyclic) bond motifs is 1. The number of ether oxygens (including phenoxy) is 2. The molecule has 7 heteroatoms. The van der Waals surface area contributed by atoms with Gasteiger partial charge in [-0.3, -0.25) is 4.79 Å². The highest BCUT2D eigenvalue weighted by Gasteiger charge is 2.41. The number of aromatic nitrogens is 3. The molecule has 1 aromatic heterocycles. The summed E-state index contributed by atoms with van der Waals surface area (Å²) in [6, 6.07) is 15.3. The van der Waals surface area contributed by atoms with E-state index in [1.807, 2.05) is 53.2 Å². The second-order valence-corrected chi connectivity index (χ2v) is 9.08. The smallest absolute Gasteiger partial charge is 0.226 e. The third-order valence-corrected chi connectivity index (χ3v) is 6.06. The van der Waals surface area contributed by atoms with Gasteiger partial charge in [-0.25, -0.2) is 4.68 Å². The lowest BCUT2D eigenvalue weighted by Gasteiger charge is -2.38. The van der Waals surface area contributed by atoms with Crippen LogP contribution in [0.2, 0.25) is 0 Å². The van der Waals surface area contributed by atoms with Crippen molar-refractivity contribution in [3.05, 3.63) is 65.4 Å². The number of rotatable bonds is 4. The summed E-state index contributed by atoms with van der Waals surface area (Å²) in [7, 11) is 3.23. The summed E-state index contributed by atoms with van der Waals surface area (Å²) < 4.78 is 12.7. The van der Waals surface area contributed by atoms with E-state index in [9.17, 15) is 4.79 Å². The number of hydrogen-bond acceptors (Lipinski definition) is 6. The zero-order valence-corrected chi connectivity index (χ0v) is 18.7. The SMILES string of the molecule is COc1cc(OC)cc(-c2nc3n(n2)C(c2ccccc2)C2=C(CC(C)(C)CC2=O)N3)c1. The molecular weight excluding hydrogens is 404 g/mol. The molecule has 1 aliphatic carbocycles. The van der Waals surface area contributed by atoms with Crippen LogP contribution in [-0.2, 0) is 4.79 Å². The number of nitrogens with one attached hydrogen (secondary N) is 1. The van der Waals surface area contributed by atoms with E-state index < -0.39 is 0 Å². The van der Waals surface area contributed by atoms with Crippen LogP contribution < -0.4 is 14.8 Å². The summed E-state index contributed by atoms with van der Waals surface area (Å²) in [6.45, 7) is 4.25. The van der Waals surface area contributed by atoms with Gasteiger partial charge in [0.1, 0.15) is 17.5 Å². The average Bonchev–Trinajstić information content (AvgIpc) is 3.20. The molecule has 0 saturated heterocycles. The number of carbonyl (C=O) groups excluding carboxylic acids is 1. The molecule has 2 heterocycles. The third-order valence-electron chi connectivity index (χ3n) is 6.06. The molecule has 2 aromatic carbocycles. The van der Waals surface area contributed by atoms with Crippen molar-refractivity contribution >= 4 is 11.7 Å². The first-order valence-electron chi connectivity index (χ1n) is 10.7. The van der Waals surface area contributed by atoms with Gasteiger partial charge >= 0.3 is 0 Å². The van der Waals surface area contributed by atoms with Crippen molar-refractivity contribution in [3.8, 4) is 22.9 Å². The molecule has 1 unspecified atom stereocenters. The predicted molar refractivity (Wildman–Crippen MR) is 122 cm³/mol. The van der Waals surface area contributed by atoms with Crippen LogP contribution in [-0.4, -0.2) is 34.8 Å². The van der Waals surface area contributed by atoms with Crippen LogP contribution in [0.25, 0.3) is 11.4 Å². The van der Waals surface area contributed by atoms with E-state index in [2.05, 4.69) is 19.2 Å². The Morgan fingerprint density at radius 1 is 1.03 bits per heavy atom. The Morgan fingerprint density at radius 3 is 2.38 bits per heavy atom. The van der Waals surface area contributed by atoms with E-state index in [0.717, 1.165) is 28.8 Å². The van der Waals surface area contributed by atoms with Crippen LogP contribution in [0.3, 0.4) is 0 Å². The summed E-state index contributed by atoms with van der Waals surface area (Å²) in [5, 5.41) is 8.25. The minimum Gasteiger partial charge on any atom is -0.497 e. The molecule has 0 saturated carbocycles. The molecule has 164 valence electrons. The van der Waals surface area contributed by atoms with E-state index in [0.29, 0.717) is 29.7 Å². The van der Waals surface area contributed by atoms with Crippen molar-refractivity contribution in [2.24, 2.45) is 5.41 Å². The van der Waals surface area contributed by atoms with Crippen molar-refractivity contribution < 1.29 is 14.3 Å². The van der Waals surface area contributed by atoms with Gasteiger partial charge in [0.15, 0.2) is 11.6 Å². The highest BCUT2D eigenvalue weighted by atomic mass is 16.5. The van der Waals surface area contributed by atoms with Gasteiger partial charge in [0, 0.05) is 29.3 Å². The Kier molecular flexibility index (Phi) is 4.77. The summed E-state index contributed by atoms with van der Waals surface area (Å²) in [4.78, 5) is 18.1. The van der Waals surface area contributed by atoms with Gasteiger partial charge in [0.2, 0.25) is 5.95 Å². The van der Waals surface area contributed by atoms with E-state index in [-0.39, 0.29) is 17.2 Å². The highest BCUT2D eigenvalue weighted by molar-refractivity contribution is 6.00. The molecule has 32 heavy (non-hydrogen) atoms. The maximum absolute atomic E-state index is 13.3. The Morgan fingerprint density at radius 2 is 1.72 bits per heavy atom.